The molecule has 0 saturated carbocycles. The molecule has 0 radical (unpaired) electrons. The van der Waals surface area contributed by atoms with Gasteiger partial charge in [0.05, 0.1) is 16.9 Å². The molecule has 50 heavy (non-hydrogen) atoms. The maximum atomic E-state index is 10.6. The van der Waals surface area contributed by atoms with Crippen molar-refractivity contribution in [1.29, 1.82) is 10.8 Å². The van der Waals surface area contributed by atoms with Gasteiger partial charge in [-0.25, -0.2) is 14.6 Å². The van der Waals surface area contributed by atoms with Crippen LogP contribution in [0, 0.1) is 10.8 Å². The number of ether oxygens (including phenoxy) is 1. The molecule has 4 aromatic rings. The van der Waals surface area contributed by atoms with Crippen molar-refractivity contribution in [2.24, 2.45) is 5.73 Å². The Morgan fingerprint density at radius 3 is 1.96 bits per heavy atom. The average molecular weight is 711 g/mol. The Balaban J connectivity index is 0.000000408. The molecule has 17 heteroatoms. The molecule has 1 fully saturated rings. The van der Waals surface area contributed by atoms with Crippen molar-refractivity contribution in [3.63, 3.8) is 0 Å². The number of amidine groups is 2. The molecule has 270 valence electrons. The summed E-state index contributed by atoms with van der Waals surface area (Å²) in [6, 6.07) is 18.4. The van der Waals surface area contributed by atoms with Crippen molar-refractivity contribution in [1.82, 2.24) is 14.5 Å². The minimum absolute atomic E-state index is 0.0832. The number of rotatable bonds is 6. The standard InChI is InChI=1S/C29H34N6O.2C2HF3O2/c1-18(2)29-33-26-16-22(36-21-12-14-34(15-13-21)19(3)30)9-11-27(26)35(29)17-20-8-10-25(28(31)32)24-7-5-4-6-23(20)24;2*3-2(4,5)1(6)7/h4-11,16,18,21,30H,12-15,17H2,1-3H3,(H3,31,32);2*(H,6,7). The third-order valence-corrected chi connectivity index (χ3v) is 7.60. The summed E-state index contributed by atoms with van der Waals surface area (Å²) >= 11 is 0. The van der Waals surface area contributed by atoms with Crippen LogP contribution in [0.5, 0.6) is 5.75 Å². The number of halogens is 6. The van der Waals surface area contributed by atoms with Crippen LogP contribution >= 0.6 is 0 Å². The van der Waals surface area contributed by atoms with Crippen LogP contribution in [0.3, 0.4) is 0 Å². The number of nitrogens with one attached hydrogen (secondary N) is 2. The van der Waals surface area contributed by atoms with Crippen molar-refractivity contribution in [3.05, 3.63) is 71.5 Å². The van der Waals surface area contributed by atoms with Gasteiger partial charge < -0.3 is 30.2 Å². The van der Waals surface area contributed by atoms with E-state index in [-0.39, 0.29) is 17.9 Å². The first-order chi connectivity index (χ1) is 23.2. The van der Waals surface area contributed by atoms with E-state index in [0.717, 1.165) is 64.9 Å². The zero-order valence-corrected chi connectivity index (χ0v) is 27.2. The van der Waals surface area contributed by atoms with Crippen molar-refractivity contribution in [2.75, 3.05) is 13.1 Å². The van der Waals surface area contributed by atoms with Gasteiger partial charge in [0.1, 0.15) is 23.5 Å². The third-order valence-electron chi connectivity index (χ3n) is 7.60. The second kappa shape index (κ2) is 15.9. The Morgan fingerprint density at radius 2 is 1.48 bits per heavy atom. The number of carboxylic acids is 2. The fourth-order valence-corrected chi connectivity index (χ4v) is 5.21. The predicted molar refractivity (Wildman–Crippen MR) is 174 cm³/mol. The summed E-state index contributed by atoms with van der Waals surface area (Å²) < 4.78 is 72.1. The first-order valence-corrected chi connectivity index (χ1v) is 15.1. The molecule has 0 unspecified atom stereocenters. The molecule has 0 bridgehead atoms. The summed E-state index contributed by atoms with van der Waals surface area (Å²) in [5.41, 5.74) is 9.80. The Bertz CT molecular complexity index is 1840. The van der Waals surface area contributed by atoms with Crippen molar-refractivity contribution >= 4 is 45.4 Å². The van der Waals surface area contributed by atoms with Gasteiger partial charge in [0.15, 0.2) is 0 Å². The highest BCUT2D eigenvalue weighted by atomic mass is 19.4. The number of nitrogen functional groups attached to an aromatic ring is 1. The molecule has 1 saturated heterocycles. The van der Waals surface area contributed by atoms with Gasteiger partial charge in [-0.05, 0) is 35.4 Å². The van der Waals surface area contributed by atoms with E-state index in [4.69, 9.17) is 46.1 Å². The van der Waals surface area contributed by atoms with Crippen molar-refractivity contribution in [2.45, 2.75) is 64.5 Å². The van der Waals surface area contributed by atoms with E-state index in [2.05, 4.69) is 53.6 Å². The second-order valence-electron chi connectivity index (χ2n) is 11.6. The lowest BCUT2D eigenvalue weighted by molar-refractivity contribution is -0.193. The molecule has 1 aliphatic rings. The molecule has 5 rings (SSSR count). The molecule has 0 atom stereocenters. The van der Waals surface area contributed by atoms with E-state index in [1.54, 1.807) is 0 Å². The fraction of sp³-hybridized carbons (Fsp3) is 0.364. The Labute approximate surface area is 282 Å². The first-order valence-electron chi connectivity index (χ1n) is 15.1. The van der Waals surface area contributed by atoms with Crippen LogP contribution in [0.2, 0.25) is 0 Å². The Morgan fingerprint density at radius 1 is 0.940 bits per heavy atom. The third kappa shape index (κ3) is 10.1. The largest absolute Gasteiger partial charge is 0.490 e. The van der Waals surface area contributed by atoms with Crippen molar-refractivity contribution in [3.8, 4) is 5.75 Å². The van der Waals surface area contributed by atoms with Gasteiger partial charge in [0.2, 0.25) is 0 Å². The van der Waals surface area contributed by atoms with E-state index in [0.29, 0.717) is 12.4 Å². The number of nitrogens with two attached hydrogens (primary N) is 1. The molecule has 3 aromatic carbocycles. The summed E-state index contributed by atoms with van der Waals surface area (Å²) in [4.78, 5) is 24.9. The number of alkyl halides is 6. The summed E-state index contributed by atoms with van der Waals surface area (Å²) in [6.45, 7) is 8.61. The van der Waals surface area contributed by atoms with Gasteiger partial charge in [0, 0.05) is 50.0 Å². The monoisotopic (exact) mass is 710 g/mol. The zero-order chi connectivity index (χ0) is 37.6. The van der Waals surface area contributed by atoms with E-state index in [9.17, 15) is 26.3 Å². The lowest BCUT2D eigenvalue weighted by atomic mass is 9.98. The maximum absolute atomic E-state index is 10.6. The number of piperidine rings is 1. The van der Waals surface area contributed by atoms with E-state index in [1.165, 1.54) is 5.56 Å². The molecule has 11 nitrogen and oxygen atoms in total. The number of benzene rings is 3. The van der Waals surface area contributed by atoms with Crippen LogP contribution in [0.15, 0.2) is 54.6 Å². The van der Waals surface area contributed by atoms with Crippen LogP contribution in [0.25, 0.3) is 21.8 Å². The van der Waals surface area contributed by atoms with Gasteiger partial charge in [-0.1, -0.05) is 50.2 Å². The van der Waals surface area contributed by atoms with Crippen LogP contribution < -0.4 is 10.5 Å². The molecule has 0 aliphatic carbocycles. The summed E-state index contributed by atoms with van der Waals surface area (Å²) in [7, 11) is 0. The number of likely N-dealkylation sites (tertiary alicyclic amines) is 1. The lowest BCUT2D eigenvalue weighted by Gasteiger charge is -2.32. The minimum Gasteiger partial charge on any atom is -0.490 e. The highest BCUT2D eigenvalue weighted by Gasteiger charge is 2.39. The van der Waals surface area contributed by atoms with Crippen LogP contribution in [-0.4, -0.2) is 79.8 Å². The van der Waals surface area contributed by atoms with E-state index in [1.807, 2.05) is 31.2 Å². The number of aliphatic carboxylic acids is 2. The van der Waals surface area contributed by atoms with Gasteiger partial charge in [-0.15, -0.1) is 0 Å². The smallest absolute Gasteiger partial charge is 0.490 e. The number of hydrogen-bond acceptors (Lipinski definition) is 6. The second-order valence-corrected chi connectivity index (χ2v) is 11.6. The van der Waals surface area contributed by atoms with Gasteiger partial charge in [-0.3, -0.25) is 10.8 Å². The lowest BCUT2D eigenvalue weighted by Crippen LogP contribution is -2.40. The molecule has 0 spiro atoms. The van der Waals surface area contributed by atoms with Gasteiger partial charge in [0.25, 0.3) is 0 Å². The molecular weight excluding hydrogens is 674 g/mol. The van der Waals surface area contributed by atoms with Gasteiger partial charge in [-0.2, -0.15) is 26.3 Å². The highest BCUT2D eigenvalue weighted by molar-refractivity contribution is 6.08. The molecule has 6 N–H and O–H groups in total. The average Bonchev–Trinajstić information content (AvgIpc) is 3.38. The summed E-state index contributed by atoms with van der Waals surface area (Å²) in [5.74, 6) is -2.65. The molecular formula is C33H36F6N6O5. The summed E-state index contributed by atoms with van der Waals surface area (Å²) in [5, 5.41) is 32.2. The summed E-state index contributed by atoms with van der Waals surface area (Å²) in [6.07, 6.45) is -8.16. The Hall–Kier alpha value is -5.35. The number of imidazole rings is 1. The minimum atomic E-state index is -5.08. The quantitative estimate of drug-likeness (QED) is 0.0828. The maximum Gasteiger partial charge on any atom is 0.490 e. The number of aromatic nitrogens is 2. The van der Waals surface area contributed by atoms with Crippen LogP contribution in [0.4, 0.5) is 26.3 Å². The Kier molecular flexibility index (Phi) is 12.4. The van der Waals surface area contributed by atoms with Gasteiger partial charge >= 0.3 is 24.3 Å². The number of carbonyl (C=O) groups is 2. The molecule has 0 amide bonds. The van der Waals surface area contributed by atoms with Crippen LogP contribution in [0.1, 0.15) is 56.5 Å². The normalized spacial score (nSPS) is 13.7. The number of carboxylic acid groups (broad SMARTS) is 2. The number of fused-ring (bicyclic) bond motifs is 2. The fourth-order valence-electron chi connectivity index (χ4n) is 5.21. The molecule has 1 aliphatic heterocycles. The highest BCUT2D eigenvalue weighted by Crippen LogP contribution is 2.30. The number of nitrogens with zero attached hydrogens (tertiary/aromatic N) is 3. The SMILES string of the molecule is CC(=N)N1CCC(Oc2ccc3c(c2)nc(C(C)C)n3Cc2ccc(C(=N)N)c3ccccc23)CC1.O=C(O)C(F)(F)F.O=C(O)C(F)(F)F. The molecule has 1 aromatic heterocycles. The number of hydrogen-bond donors (Lipinski definition) is 5. The predicted octanol–water partition coefficient (Wildman–Crippen LogP) is 6.75. The first kappa shape index (κ1) is 39.1. The zero-order valence-electron chi connectivity index (χ0n) is 27.2. The van der Waals surface area contributed by atoms with E-state index >= 15 is 0 Å². The molecule has 2 heterocycles. The van der Waals surface area contributed by atoms with E-state index < -0.39 is 24.3 Å². The topological polar surface area (TPSA) is 179 Å². The van der Waals surface area contributed by atoms with Crippen LogP contribution in [-0.2, 0) is 16.1 Å². The van der Waals surface area contributed by atoms with Crippen molar-refractivity contribution < 1.29 is 50.9 Å².